The quantitative estimate of drug-likeness (QED) is 0.546. The minimum absolute atomic E-state index is 0.00189. The molecule has 9 heteroatoms. The second-order valence-electron chi connectivity index (χ2n) is 5.47. The fraction of sp³-hybridized carbons (Fsp3) is 0.188. The summed E-state index contributed by atoms with van der Waals surface area (Å²) in [6, 6.07) is 7.62. The van der Waals surface area contributed by atoms with E-state index < -0.39 is 4.92 Å². The Labute approximate surface area is 143 Å². The maximum absolute atomic E-state index is 12.1. The number of rotatable bonds is 6. The molecule has 0 fully saturated rings. The lowest BCUT2D eigenvalue weighted by molar-refractivity contribution is -0.384. The molecule has 1 amide bonds. The highest BCUT2D eigenvalue weighted by atomic mass is 16.6. The molecule has 3 aromatic rings. The molecule has 3 rings (SSSR count). The number of nitro groups is 1. The Balaban J connectivity index is 1.66. The number of benzene rings is 1. The smallest absolute Gasteiger partial charge is 0.269 e. The first-order valence-corrected chi connectivity index (χ1v) is 7.59. The first kappa shape index (κ1) is 16.4. The average molecular weight is 340 g/mol. The topological polar surface area (TPSA) is 108 Å². The van der Waals surface area contributed by atoms with Crippen molar-refractivity contribution in [3.8, 4) is 5.69 Å². The van der Waals surface area contributed by atoms with Crippen molar-refractivity contribution in [3.63, 3.8) is 0 Å². The third kappa shape index (κ3) is 3.89. The number of nitro benzene ring substituents is 1. The number of anilines is 1. The van der Waals surface area contributed by atoms with Crippen LogP contribution in [-0.4, -0.2) is 30.4 Å². The number of non-ortho nitro benzene ring substituents is 1. The summed E-state index contributed by atoms with van der Waals surface area (Å²) >= 11 is 0. The Morgan fingerprint density at radius 2 is 2.00 bits per heavy atom. The molecule has 0 aliphatic rings. The monoisotopic (exact) mass is 340 g/mol. The SMILES string of the molecule is Cn1cc(CCC(=O)Nc2ccnn2-c2ccc([N+](=O)[O-])cc2)cn1. The van der Waals surface area contributed by atoms with Crippen LogP contribution in [0.25, 0.3) is 5.69 Å². The van der Waals surface area contributed by atoms with Gasteiger partial charge in [0.05, 0.1) is 23.0 Å². The molecule has 0 saturated carbocycles. The molecule has 0 spiro atoms. The van der Waals surface area contributed by atoms with Crippen molar-refractivity contribution in [2.75, 3.05) is 5.32 Å². The molecule has 9 nitrogen and oxygen atoms in total. The highest BCUT2D eigenvalue weighted by Gasteiger charge is 2.11. The third-order valence-corrected chi connectivity index (χ3v) is 3.61. The van der Waals surface area contributed by atoms with Crippen LogP contribution < -0.4 is 5.32 Å². The van der Waals surface area contributed by atoms with E-state index in [1.54, 1.807) is 35.3 Å². The maximum Gasteiger partial charge on any atom is 0.269 e. The van der Waals surface area contributed by atoms with Gasteiger partial charge in [0.25, 0.3) is 5.69 Å². The van der Waals surface area contributed by atoms with Gasteiger partial charge < -0.3 is 5.32 Å². The van der Waals surface area contributed by atoms with Crippen LogP contribution in [0.4, 0.5) is 11.5 Å². The highest BCUT2D eigenvalue weighted by Crippen LogP contribution is 2.18. The number of hydrogen-bond acceptors (Lipinski definition) is 5. The Kier molecular flexibility index (Phi) is 4.55. The van der Waals surface area contributed by atoms with Crippen LogP contribution in [0.2, 0.25) is 0 Å². The van der Waals surface area contributed by atoms with Gasteiger partial charge in [-0.3, -0.25) is 19.6 Å². The molecule has 0 atom stereocenters. The van der Waals surface area contributed by atoms with Gasteiger partial charge in [-0.25, -0.2) is 4.68 Å². The van der Waals surface area contributed by atoms with E-state index in [0.29, 0.717) is 24.3 Å². The summed E-state index contributed by atoms with van der Waals surface area (Å²) in [6.45, 7) is 0. The molecular weight excluding hydrogens is 324 g/mol. The minimum Gasteiger partial charge on any atom is -0.311 e. The predicted molar refractivity (Wildman–Crippen MR) is 90.4 cm³/mol. The Morgan fingerprint density at radius 1 is 1.24 bits per heavy atom. The van der Waals surface area contributed by atoms with Gasteiger partial charge in [0.2, 0.25) is 5.91 Å². The van der Waals surface area contributed by atoms with E-state index in [4.69, 9.17) is 0 Å². The molecule has 25 heavy (non-hydrogen) atoms. The average Bonchev–Trinajstić information content (AvgIpc) is 3.22. The fourth-order valence-corrected chi connectivity index (χ4v) is 2.38. The van der Waals surface area contributed by atoms with Gasteiger partial charge in [0.15, 0.2) is 0 Å². The Bertz CT molecular complexity index is 897. The number of nitrogens with zero attached hydrogens (tertiary/aromatic N) is 5. The molecule has 0 aliphatic carbocycles. The van der Waals surface area contributed by atoms with Crippen LogP contribution >= 0.6 is 0 Å². The largest absolute Gasteiger partial charge is 0.311 e. The molecule has 0 unspecified atom stereocenters. The predicted octanol–water partition coefficient (Wildman–Crippen LogP) is 2.09. The van der Waals surface area contributed by atoms with Crippen LogP contribution in [0.3, 0.4) is 0 Å². The molecule has 0 radical (unpaired) electrons. The van der Waals surface area contributed by atoms with Gasteiger partial charge in [0.1, 0.15) is 5.82 Å². The van der Waals surface area contributed by atoms with Crippen LogP contribution in [0.15, 0.2) is 48.9 Å². The summed E-state index contributed by atoms with van der Waals surface area (Å²) in [4.78, 5) is 22.4. The van der Waals surface area contributed by atoms with Crippen molar-refractivity contribution >= 4 is 17.4 Å². The van der Waals surface area contributed by atoms with Gasteiger partial charge in [-0.1, -0.05) is 0 Å². The number of hydrogen-bond donors (Lipinski definition) is 1. The van der Waals surface area contributed by atoms with E-state index >= 15 is 0 Å². The van der Waals surface area contributed by atoms with Crippen molar-refractivity contribution in [1.29, 1.82) is 0 Å². The number of amides is 1. The van der Waals surface area contributed by atoms with Crippen molar-refractivity contribution < 1.29 is 9.72 Å². The molecule has 0 aliphatic heterocycles. The van der Waals surface area contributed by atoms with Crippen LogP contribution in [0.1, 0.15) is 12.0 Å². The normalized spacial score (nSPS) is 10.6. The van der Waals surface area contributed by atoms with Gasteiger partial charge in [-0.15, -0.1) is 0 Å². The number of carbonyl (C=O) groups excluding carboxylic acids is 1. The fourth-order valence-electron chi connectivity index (χ4n) is 2.38. The lowest BCUT2D eigenvalue weighted by Crippen LogP contribution is -2.15. The zero-order valence-electron chi connectivity index (χ0n) is 13.5. The van der Waals surface area contributed by atoms with Gasteiger partial charge in [0, 0.05) is 37.9 Å². The van der Waals surface area contributed by atoms with Gasteiger partial charge in [-0.05, 0) is 24.1 Å². The summed E-state index contributed by atoms with van der Waals surface area (Å²) in [5.74, 6) is 0.359. The second kappa shape index (κ2) is 6.95. The van der Waals surface area contributed by atoms with Crippen LogP contribution in [0.5, 0.6) is 0 Å². The first-order chi connectivity index (χ1) is 12.0. The molecule has 128 valence electrons. The summed E-state index contributed by atoms with van der Waals surface area (Å²) in [5, 5.41) is 21.7. The summed E-state index contributed by atoms with van der Waals surface area (Å²) in [5.41, 5.74) is 1.61. The number of carbonyl (C=O) groups is 1. The van der Waals surface area contributed by atoms with Crippen LogP contribution in [0, 0.1) is 10.1 Å². The zero-order chi connectivity index (χ0) is 17.8. The second-order valence-corrected chi connectivity index (χ2v) is 5.47. The van der Waals surface area contributed by atoms with E-state index in [9.17, 15) is 14.9 Å². The van der Waals surface area contributed by atoms with Gasteiger partial charge in [-0.2, -0.15) is 10.2 Å². The first-order valence-electron chi connectivity index (χ1n) is 7.59. The van der Waals surface area contributed by atoms with Crippen molar-refractivity contribution in [3.05, 3.63) is 64.6 Å². The molecule has 0 saturated heterocycles. The Hall–Kier alpha value is -3.49. The number of aromatic nitrogens is 4. The summed E-state index contributed by atoms with van der Waals surface area (Å²) in [6.07, 6.45) is 6.06. The van der Waals surface area contributed by atoms with E-state index in [-0.39, 0.29) is 11.6 Å². The molecular formula is C16H16N6O3. The van der Waals surface area contributed by atoms with Crippen LogP contribution in [-0.2, 0) is 18.3 Å². The summed E-state index contributed by atoms with van der Waals surface area (Å²) < 4.78 is 3.21. The zero-order valence-corrected chi connectivity index (χ0v) is 13.5. The molecule has 0 bridgehead atoms. The highest BCUT2D eigenvalue weighted by molar-refractivity contribution is 5.90. The van der Waals surface area contributed by atoms with Crippen molar-refractivity contribution in [2.24, 2.45) is 7.05 Å². The molecule has 1 N–H and O–H groups in total. The number of aryl methyl sites for hydroxylation is 2. The summed E-state index contributed by atoms with van der Waals surface area (Å²) in [7, 11) is 1.83. The van der Waals surface area contributed by atoms with E-state index in [1.807, 2.05) is 13.2 Å². The lowest BCUT2D eigenvalue weighted by atomic mass is 10.2. The molecule has 2 heterocycles. The van der Waals surface area contributed by atoms with E-state index in [0.717, 1.165) is 5.56 Å². The molecule has 2 aromatic heterocycles. The van der Waals surface area contributed by atoms with Gasteiger partial charge >= 0.3 is 0 Å². The number of nitrogens with one attached hydrogen (secondary N) is 1. The standard InChI is InChI=1S/C16H16N6O3/c1-20-11-12(10-18-20)2-7-16(23)19-15-8-9-17-21(15)13-3-5-14(6-4-13)22(24)25/h3-6,8-11H,2,7H2,1H3,(H,19,23). The van der Waals surface area contributed by atoms with Crippen molar-refractivity contribution in [1.82, 2.24) is 19.6 Å². The van der Waals surface area contributed by atoms with E-state index in [2.05, 4.69) is 15.5 Å². The maximum atomic E-state index is 12.1. The molecule has 1 aromatic carbocycles. The lowest BCUT2D eigenvalue weighted by Gasteiger charge is -2.08. The Morgan fingerprint density at radius 3 is 2.64 bits per heavy atom. The minimum atomic E-state index is -0.464. The third-order valence-electron chi connectivity index (χ3n) is 3.61. The van der Waals surface area contributed by atoms with E-state index in [1.165, 1.54) is 16.8 Å². The van der Waals surface area contributed by atoms with Crippen molar-refractivity contribution in [2.45, 2.75) is 12.8 Å².